The van der Waals surface area contributed by atoms with Crippen LogP contribution < -0.4 is 9.47 Å². The Hall–Kier alpha value is -1.77. The van der Waals surface area contributed by atoms with Gasteiger partial charge in [-0.1, -0.05) is 12.7 Å². The molecule has 0 spiro atoms. The van der Waals surface area contributed by atoms with E-state index < -0.39 is 0 Å². The Bertz CT molecular complexity index is 420. The van der Waals surface area contributed by atoms with E-state index in [0.717, 1.165) is 19.1 Å². The number of ether oxygens (including phenoxy) is 2. The molecule has 1 fully saturated rings. The number of hydrogen-bond donors (Lipinski definition) is 0. The number of rotatable bonds is 6. The first-order chi connectivity index (χ1) is 8.83. The molecule has 0 N–H and O–H groups in total. The van der Waals surface area contributed by atoms with Gasteiger partial charge >= 0.3 is 0 Å². The third kappa shape index (κ3) is 3.13. The van der Waals surface area contributed by atoms with Crippen molar-refractivity contribution in [3.05, 3.63) is 36.4 Å². The Morgan fingerprint density at radius 2 is 2.06 bits per heavy atom. The lowest BCUT2D eigenvalue weighted by Crippen LogP contribution is -2.12. The standard InChI is InChI=1S/C15H18O3/c1-2-9-17-15-10-12(11-16)7-8-14(15)18-13-5-3-4-6-13/h2,7-8,10-11,13H,1,3-6,9H2. The maximum Gasteiger partial charge on any atom is 0.162 e. The molecule has 0 heterocycles. The second kappa shape index (κ2) is 6.24. The van der Waals surface area contributed by atoms with Gasteiger partial charge in [-0.2, -0.15) is 0 Å². The summed E-state index contributed by atoms with van der Waals surface area (Å²) >= 11 is 0. The van der Waals surface area contributed by atoms with Crippen molar-refractivity contribution in [2.24, 2.45) is 0 Å². The molecule has 1 aliphatic carbocycles. The molecule has 0 amide bonds. The van der Waals surface area contributed by atoms with Crippen molar-refractivity contribution in [3.8, 4) is 11.5 Å². The summed E-state index contributed by atoms with van der Waals surface area (Å²) in [6.07, 6.45) is 7.39. The van der Waals surface area contributed by atoms with Crippen LogP contribution in [0.1, 0.15) is 36.0 Å². The van der Waals surface area contributed by atoms with Crippen molar-refractivity contribution in [1.29, 1.82) is 0 Å². The van der Waals surface area contributed by atoms with Crippen LogP contribution in [0.5, 0.6) is 11.5 Å². The molecular formula is C15H18O3. The lowest BCUT2D eigenvalue weighted by Gasteiger charge is -2.16. The van der Waals surface area contributed by atoms with Crippen LogP contribution in [0, 0.1) is 0 Å². The minimum atomic E-state index is 0.276. The zero-order chi connectivity index (χ0) is 12.8. The molecule has 18 heavy (non-hydrogen) atoms. The largest absolute Gasteiger partial charge is 0.487 e. The van der Waals surface area contributed by atoms with E-state index in [2.05, 4.69) is 6.58 Å². The average Bonchev–Trinajstić information content (AvgIpc) is 2.90. The average molecular weight is 246 g/mol. The number of aldehydes is 1. The summed E-state index contributed by atoms with van der Waals surface area (Å²) in [6.45, 7) is 4.02. The lowest BCUT2D eigenvalue weighted by molar-refractivity contribution is 0.112. The van der Waals surface area contributed by atoms with E-state index in [1.54, 1.807) is 24.3 Å². The fourth-order valence-corrected chi connectivity index (χ4v) is 2.14. The summed E-state index contributed by atoms with van der Waals surface area (Å²) < 4.78 is 11.5. The van der Waals surface area contributed by atoms with Crippen molar-refractivity contribution in [2.75, 3.05) is 6.61 Å². The van der Waals surface area contributed by atoms with Crippen LogP contribution in [-0.2, 0) is 0 Å². The molecule has 1 aromatic rings. The van der Waals surface area contributed by atoms with Crippen LogP contribution in [-0.4, -0.2) is 19.0 Å². The molecule has 1 saturated carbocycles. The second-order valence-corrected chi connectivity index (χ2v) is 4.45. The van der Waals surface area contributed by atoms with Crippen LogP contribution >= 0.6 is 0 Å². The molecule has 0 bridgehead atoms. The Morgan fingerprint density at radius 1 is 1.28 bits per heavy atom. The van der Waals surface area contributed by atoms with Gasteiger partial charge in [0.1, 0.15) is 12.9 Å². The summed E-state index contributed by atoms with van der Waals surface area (Å²) in [4.78, 5) is 10.8. The van der Waals surface area contributed by atoms with E-state index >= 15 is 0 Å². The van der Waals surface area contributed by atoms with Crippen LogP contribution in [0.25, 0.3) is 0 Å². The SMILES string of the molecule is C=CCOc1cc(C=O)ccc1OC1CCCC1. The fourth-order valence-electron chi connectivity index (χ4n) is 2.14. The van der Waals surface area contributed by atoms with Gasteiger partial charge in [-0.25, -0.2) is 0 Å². The Balaban J connectivity index is 2.14. The first kappa shape index (κ1) is 12.7. The summed E-state index contributed by atoms with van der Waals surface area (Å²) in [5.41, 5.74) is 0.591. The highest BCUT2D eigenvalue weighted by atomic mass is 16.5. The molecular weight excluding hydrogens is 228 g/mol. The zero-order valence-corrected chi connectivity index (χ0v) is 10.4. The third-order valence-electron chi connectivity index (χ3n) is 3.06. The van der Waals surface area contributed by atoms with Crippen molar-refractivity contribution in [1.82, 2.24) is 0 Å². The lowest BCUT2D eigenvalue weighted by atomic mass is 10.2. The van der Waals surface area contributed by atoms with Gasteiger partial charge in [-0.15, -0.1) is 0 Å². The van der Waals surface area contributed by atoms with E-state index in [9.17, 15) is 4.79 Å². The normalized spacial score (nSPS) is 15.3. The van der Waals surface area contributed by atoms with E-state index in [0.29, 0.717) is 23.7 Å². The maximum atomic E-state index is 10.8. The smallest absolute Gasteiger partial charge is 0.162 e. The maximum absolute atomic E-state index is 10.8. The first-order valence-corrected chi connectivity index (χ1v) is 6.33. The first-order valence-electron chi connectivity index (χ1n) is 6.33. The highest BCUT2D eigenvalue weighted by molar-refractivity contribution is 5.76. The molecule has 3 nitrogen and oxygen atoms in total. The van der Waals surface area contributed by atoms with Gasteiger partial charge in [0.25, 0.3) is 0 Å². The number of carbonyl (C=O) groups is 1. The Morgan fingerprint density at radius 3 is 2.72 bits per heavy atom. The highest BCUT2D eigenvalue weighted by Crippen LogP contribution is 2.32. The molecule has 3 heteroatoms. The summed E-state index contributed by atoms with van der Waals surface area (Å²) in [6, 6.07) is 5.26. The van der Waals surface area contributed by atoms with Crippen molar-refractivity contribution in [2.45, 2.75) is 31.8 Å². The summed E-state index contributed by atoms with van der Waals surface area (Å²) in [5.74, 6) is 1.33. The molecule has 0 radical (unpaired) electrons. The van der Waals surface area contributed by atoms with Gasteiger partial charge in [0.2, 0.25) is 0 Å². The molecule has 0 saturated heterocycles. The van der Waals surface area contributed by atoms with Gasteiger partial charge < -0.3 is 9.47 Å². The third-order valence-corrected chi connectivity index (χ3v) is 3.06. The molecule has 96 valence electrons. The highest BCUT2D eigenvalue weighted by Gasteiger charge is 2.18. The number of benzene rings is 1. The minimum absolute atomic E-state index is 0.276. The van der Waals surface area contributed by atoms with Gasteiger partial charge in [-0.05, 0) is 43.9 Å². The van der Waals surface area contributed by atoms with Crippen LogP contribution in [0.4, 0.5) is 0 Å². The quantitative estimate of drug-likeness (QED) is 0.570. The predicted octanol–water partition coefficient (Wildman–Crippen LogP) is 3.39. The van der Waals surface area contributed by atoms with Gasteiger partial charge in [0.05, 0.1) is 6.10 Å². The van der Waals surface area contributed by atoms with Crippen LogP contribution in [0.3, 0.4) is 0 Å². The topological polar surface area (TPSA) is 35.5 Å². The van der Waals surface area contributed by atoms with E-state index in [1.807, 2.05) is 0 Å². The number of hydrogen-bond acceptors (Lipinski definition) is 3. The molecule has 0 aliphatic heterocycles. The Labute approximate surface area is 107 Å². The van der Waals surface area contributed by atoms with Gasteiger partial charge in [0.15, 0.2) is 11.5 Å². The molecule has 1 aliphatic rings. The van der Waals surface area contributed by atoms with E-state index in [4.69, 9.17) is 9.47 Å². The minimum Gasteiger partial charge on any atom is -0.487 e. The van der Waals surface area contributed by atoms with Crippen LogP contribution in [0.15, 0.2) is 30.9 Å². The fraction of sp³-hybridized carbons (Fsp3) is 0.400. The van der Waals surface area contributed by atoms with Crippen molar-refractivity contribution < 1.29 is 14.3 Å². The zero-order valence-electron chi connectivity index (χ0n) is 10.4. The predicted molar refractivity (Wildman–Crippen MR) is 70.4 cm³/mol. The molecule has 0 atom stereocenters. The summed E-state index contributed by atoms with van der Waals surface area (Å²) in [5, 5.41) is 0. The van der Waals surface area contributed by atoms with Crippen molar-refractivity contribution in [3.63, 3.8) is 0 Å². The van der Waals surface area contributed by atoms with Gasteiger partial charge in [-0.3, -0.25) is 4.79 Å². The molecule has 0 aromatic heterocycles. The van der Waals surface area contributed by atoms with Gasteiger partial charge in [0, 0.05) is 5.56 Å². The summed E-state index contributed by atoms with van der Waals surface area (Å²) in [7, 11) is 0. The van der Waals surface area contributed by atoms with Crippen molar-refractivity contribution >= 4 is 6.29 Å². The second-order valence-electron chi connectivity index (χ2n) is 4.45. The number of carbonyl (C=O) groups excluding carboxylic acids is 1. The molecule has 0 unspecified atom stereocenters. The van der Waals surface area contributed by atoms with Crippen LogP contribution in [0.2, 0.25) is 0 Å². The van der Waals surface area contributed by atoms with E-state index in [-0.39, 0.29) is 6.10 Å². The molecule has 1 aromatic carbocycles. The molecule has 2 rings (SSSR count). The Kier molecular flexibility index (Phi) is 4.40. The van der Waals surface area contributed by atoms with E-state index in [1.165, 1.54) is 12.8 Å². The monoisotopic (exact) mass is 246 g/mol.